The van der Waals surface area contributed by atoms with Crippen LogP contribution in [0.25, 0.3) is 16.0 Å². The minimum atomic E-state index is 0.105. The van der Waals surface area contributed by atoms with E-state index in [0.29, 0.717) is 6.54 Å². The predicted molar refractivity (Wildman–Crippen MR) is 139 cm³/mol. The van der Waals surface area contributed by atoms with Crippen LogP contribution < -0.4 is 10.6 Å². The van der Waals surface area contributed by atoms with Crippen LogP contribution in [0.2, 0.25) is 0 Å². The zero-order valence-corrected chi connectivity index (χ0v) is 20.3. The molecule has 176 valence electrons. The van der Waals surface area contributed by atoms with Gasteiger partial charge in [0.15, 0.2) is 0 Å². The van der Waals surface area contributed by atoms with Gasteiger partial charge < -0.3 is 15.5 Å². The molecule has 2 aromatic rings. The van der Waals surface area contributed by atoms with Crippen molar-refractivity contribution in [3.05, 3.63) is 48.0 Å². The maximum absolute atomic E-state index is 12.7. The van der Waals surface area contributed by atoms with E-state index in [1.807, 2.05) is 6.07 Å². The molecular weight excluding hydrogens is 428 g/mol. The van der Waals surface area contributed by atoms with Gasteiger partial charge >= 0.3 is 0 Å². The highest BCUT2D eigenvalue weighted by molar-refractivity contribution is 7.19. The SMILES string of the molecule is O=C(CN1CCC(N2CCCCC2)CC1)Nc1ccc(-c2ccc(C3=CCNCC3)cc2)s1. The van der Waals surface area contributed by atoms with Crippen molar-refractivity contribution in [3.8, 4) is 10.4 Å². The predicted octanol–water partition coefficient (Wildman–Crippen LogP) is 4.68. The summed E-state index contributed by atoms with van der Waals surface area (Å²) in [5, 5.41) is 7.43. The fraction of sp³-hybridized carbons (Fsp3) is 0.519. The van der Waals surface area contributed by atoms with Crippen molar-refractivity contribution in [2.24, 2.45) is 0 Å². The van der Waals surface area contributed by atoms with E-state index in [-0.39, 0.29) is 5.91 Å². The molecule has 5 rings (SSSR count). The number of carbonyl (C=O) groups is 1. The van der Waals surface area contributed by atoms with Gasteiger partial charge in [-0.25, -0.2) is 0 Å². The van der Waals surface area contributed by atoms with E-state index in [4.69, 9.17) is 0 Å². The molecule has 5 nitrogen and oxygen atoms in total. The molecule has 0 saturated carbocycles. The van der Waals surface area contributed by atoms with Crippen LogP contribution in [0.1, 0.15) is 44.1 Å². The molecule has 0 spiro atoms. The second-order valence-electron chi connectivity index (χ2n) is 9.58. The van der Waals surface area contributed by atoms with Gasteiger partial charge in [0, 0.05) is 30.6 Å². The Morgan fingerprint density at radius 2 is 1.73 bits per heavy atom. The highest BCUT2D eigenvalue weighted by Gasteiger charge is 2.26. The number of piperidine rings is 2. The molecule has 33 heavy (non-hydrogen) atoms. The van der Waals surface area contributed by atoms with Gasteiger partial charge in [0.05, 0.1) is 11.5 Å². The lowest BCUT2D eigenvalue weighted by atomic mass is 9.99. The molecule has 3 aliphatic heterocycles. The topological polar surface area (TPSA) is 47.6 Å². The Labute approximate surface area is 201 Å². The van der Waals surface area contributed by atoms with Gasteiger partial charge in [0.2, 0.25) is 5.91 Å². The van der Waals surface area contributed by atoms with Gasteiger partial charge in [-0.05, 0) is 80.6 Å². The van der Waals surface area contributed by atoms with Crippen molar-refractivity contribution in [3.63, 3.8) is 0 Å². The second kappa shape index (κ2) is 11.0. The summed E-state index contributed by atoms with van der Waals surface area (Å²) < 4.78 is 0. The van der Waals surface area contributed by atoms with E-state index >= 15 is 0 Å². The van der Waals surface area contributed by atoms with Crippen molar-refractivity contribution in [2.75, 3.05) is 51.1 Å². The summed E-state index contributed by atoms with van der Waals surface area (Å²) in [6, 6.07) is 13.7. The average Bonchev–Trinajstić information content (AvgIpc) is 3.34. The van der Waals surface area contributed by atoms with Gasteiger partial charge in [-0.2, -0.15) is 0 Å². The summed E-state index contributed by atoms with van der Waals surface area (Å²) in [6.07, 6.45) is 9.86. The average molecular weight is 465 g/mol. The molecule has 6 heteroatoms. The first-order chi connectivity index (χ1) is 16.2. The number of rotatable bonds is 6. The molecule has 1 aromatic heterocycles. The molecule has 0 aliphatic carbocycles. The molecule has 0 unspecified atom stereocenters. The van der Waals surface area contributed by atoms with E-state index in [9.17, 15) is 4.79 Å². The Bertz CT molecular complexity index is 953. The number of nitrogens with one attached hydrogen (secondary N) is 2. The summed E-state index contributed by atoms with van der Waals surface area (Å²) >= 11 is 1.66. The van der Waals surface area contributed by atoms with Crippen LogP contribution in [0.5, 0.6) is 0 Å². The highest BCUT2D eigenvalue weighted by atomic mass is 32.1. The van der Waals surface area contributed by atoms with Crippen LogP contribution in [0, 0.1) is 0 Å². The highest BCUT2D eigenvalue weighted by Crippen LogP contribution is 2.32. The van der Waals surface area contributed by atoms with Crippen LogP contribution in [0.3, 0.4) is 0 Å². The number of hydrogen-bond donors (Lipinski definition) is 2. The number of amides is 1. The number of likely N-dealkylation sites (tertiary alicyclic amines) is 2. The van der Waals surface area contributed by atoms with Crippen LogP contribution in [-0.2, 0) is 4.79 Å². The number of anilines is 1. The Morgan fingerprint density at radius 3 is 2.45 bits per heavy atom. The van der Waals surface area contributed by atoms with Crippen LogP contribution >= 0.6 is 11.3 Å². The Hall–Kier alpha value is -1.99. The van der Waals surface area contributed by atoms with Gasteiger partial charge in [0.1, 0.15) is 0 Å². The molecule has 2 fully saturated rings. The number of hydrogen-bond acceptors (Lipinski definition) is 5. The zero-order chi connectivity index (χ0) is 22.5. The van der Waals surface area contributed by atoms with E-state index in [0.717, 1.165) is 43.6 Å². The third-order valence-corrected chi connectivity index (χ3v) is 8.35. The largest absolute Gasteiger partial charge is 0.317 e. The fourth-order valence-corrected chi connectivity index (χ4v) is 6.33. The van der Waals surface area contributed by atoms with E-state index < -0.39 is 0 Å². The van der Waals surface area contributed by atoms with Crippen LogP contribution in [0.15, 0.2) is 42.5 Å². The molecule has 3 aliphatic rings. The van der Waals surface area contributed by atoms with Gasteiger partial charge in [0.25, 0.3) is 0 Å². The van der Waals surface area contributed by atoms with Crippen molar-refractivity contribution in [2.45, 2.75) is 44.6 Å². The molecule has 1 amide bonds. The maximum atomic E-state index is 12.7. The third-order valence-electron chi connectivity index (χ3n) is 7.30. The second-order valence-corrected chi connectivity index (χ2v) is 10.7. The van der Waals surface area contributed by atoms with Crippen molar-refractivity contribution >= 4 is 27.8 Å². The molecule has 2 saturated heterocycles. The molecule has 0 bridgehead atoms. The van der Waals surface area contributed by atoms with Crippen LogP contribution in [-0.4, -0.2) is 67.6 Å². The molecule has 0 atom stereocenters. The van der Waals surface area contributed by atoms with Crippen molar-refractivity contribution in [1.29, 1.82) is 0 Å². The lowest BCUT2D eigenvalue weighted by Gasteiger charge is -2.40. The monoisotopic (exact) mass is 464 g/mol. The Morgan fingerprint density at radius 1 is 0.970 bits per heavy atom. The van der Waals surface area contributed by atoms with Crippen molar-refractivity contribution in [1.82, 2.24) is 15.1 Å². The summed E-state index contributed by atoms with van der Waals surface area (Å²) in [5.74, 6) is 0.105. The first kappa shape index (κ1) is 22.8. The van der Waals surface area contributed by atoms with Crippen molar-refractivity contribution < 1.29 is 4.79 Å². The Balaban J connectivity index is 1.10. The quantitative estimate of drug-likeness (QED) is 0.652. The number of benzene rings is 1. The normalized spacial score (nSPS) is 21.0. The zero-order valence-electron chi connectivity index (χ0n) is 19.5. The fourth-order valence-electron chi connectivity index (χ4n) is 5.40. The maximum Gasteiger partial charge on any atom is 0.239 e. The molecule has 4 heterocycles. The molecule has 2 N–H and O–H groups in total. The van der Waals surface area contributed by atoms with Gasteiger partial charge in [-0.3, -0.25) is 9.69 Å². The smallest absolute Gasteiger partial charge is 0.239 e. The Kier molecular flexibility index (Phi) is 7.57. The summed E-state index contributed by atoms with van der Waals surface area (Å²) in [6.45, 7) is 7.11. The minimum absolute atomic E-state index is 0.105. The molecule has 0 radical (unpaired) electrons. The number of nitrogens with zero attached hydrogens (tertiary/aromatic N) is 2. The standard InChI is InChI=1S/C27H36N4OS/c32-26(20-30-18-12-24(13-19-30)31-16-2-1-3-17-31)29-27-9-8-25(33-27)23-6-4-21(5-7-23)22-10-14-28-15-11-22/h4-10,24,28H,1-3,11-20H2,(H,29,32). The minimum Gasteiger partial charge on any atom is -0.317 e. The number of thiophene rings is 1. The lowest BCUT2D eigenvalue weighted by molar-refractivity contribution is -0.117. The summed E-state index contributed by atoms with van der Waals surface area (Å²) in [4.78, 5) is 18.9. The number of carbonyl (C=O) groups excluding carboxylic acids is 1. The van der Waals surface area contributed by atoms with E-state index in [2.05, 4.69) is 56.8 Å². The van der Waals surface area contributed by atoms with Crippen LogP contribution in [0.4, 0.5) is 5.00 Å². The third kappa shape index (κ3) is 5.93. The van der Waals surface area contributed by atoms with E-state index in [1.165, 1.54) is 66.8 Å². The summed E-state index contributed by atoms with van der Waals surface area (Å²) in [5.41, 5.74) is 3.95. The lowest BCUT2D eigenvalue weighted by Crippen LogP contribution is -2.48. The van der Waals surface area contributed by atoms with E-state index in [1.54, 1.807) is 11.3 Å². The molecule has 1 aromatic carbocycles. The molecular formula is C27H36N4OS. The first-order valence-corrected chi connectivity index (χ1v) is 13.4. The summed E-state index contributed by atoms with van der Waals surface area (Å²) in [7, 11) is 0. The first-order valence-electron chi connectivity index (χ1n) is 12.6. The van der Waals surface area contributed by atoms with Gasteiger partial charge in [-0.1, -0.05) is 36.8 Å². The van der Waals surface area contributed by atoms with Gasteiger partial charge in [-0.15, -0.1) is 11.3 Å².